The second kappa shape index (κ2) is 11.5. The Kier molecular flexibility index (Phi) is 10.6. The Labute approximate surface area is 121 Å². The van der Waals surface area contributed by atoms with E-state index in [-0.39, 0.29) is 1.43 Å². The average Bonchev–Trinajstić information content (AvgIpc) is 2.53. The predicted octanol–water partition coefficient (Wildman–Crippen LogP) is 6.33. The van der Waals surface area contributed by atoms with Gasteiger partial charge in [-0.25, -0.2) is 0 Å². The zero-order valence-electron chi connectivity index (χ0n) is 13.1. The van der Waals surface area contributed by atoms with Crippen LogP contribution in [0.25, 0.3) is 0 Å². The summed E-state index contributed by atoms with van der Waals surface area (Å²) in [7, 11) is 0. The fourth-order valence-corrected chi connectivity index (χ4v) is 1.87. The highest BCUT2D eigenvalue weighted by Crippen LogP contribution is 2.19. The van der Waals surface area contributed by atoms with Crippen molar-refractivity contribution in [2.24, 2.45) is 0 Å². The van der Waals surface area contributed by atoms with E-state index in [1.165, 1.54) is 11.1 Å². The van der Waals surface area contributed by atoms with E-state index in [0.29, 0.717) is 5.92 Å². The van der Waals surface area contributed by atoms with Crippen LogP contribution >= 0.6 is 0 Å². The number of hydrogen-bond acceptors (Lipinski definition) is 0. The van der Waals surface area contributed by atoms with Crippen molar-refractivity contribution < 1.29 is 1.43 Å². The van der Waals surface area contributed by atoms with Crippen LogP contribution in [0.2, 0.25) is 0 Å². The Morgan fingerprint density at radius 2 is 1.16 bits per heavy atom. The Morgan fingerprint density at radius 1 is 0.737 bits per heavy atom. The molecule has 0 amide bonds. The third-order valence-corrected chi connectivity index (χ3v) is 2.75. The molecule has 0 aliphatic carbocycles. The molecule has 0 heterocycles. The highest BCUT2D eigenvalue weighted by atomic mass is 14.1. The zero-order valence-corrected chi connectivity index (χ0v) is 13.1. The minimum absolute atomic E-state index is 0. The molecule has 2 rings (SSSR count). The minimum atomic E-state index is 0. The monoisotopic (exact) mass is 258 g/mol. The van der Waals surface area contributed by atoms with Crippen LogP contribution in [0.4, 0.5) is 0 Å². The average molecular weight is 258 g/mol. The molecule has 0 bridgehead atoms. The summed E-state index contributed by atoms with van der Waals surface area (Å²) >= 11 is 0. The zero-order chi connectivity index (χ0) is 14.5. The second-order valence-electron chi connectivity index (χ2n) is 4.00. The molecule has 0 unspecified atom stereocenters. The van der Waals surface area contributed by atoms with Gasteiger partial charge in [0.1, 0.15) is 0 Å². The summed E-state index contributed by atoms with van der Waals surface area (Å²) in [4.78, 5) is 0. The minimum Gasteiger partial charge on any atom is -0.0683 e. The molecule has 0 fully saturated rings. The van der Waals surface area contributed by atoms with Gasteiger partial charge in [0.05, 0.1) is 0 Å². The fourth-order valence-electron chi connectivity index (χ4n) is 1.87. The lowest BCUT2D eigenvalue weighted by molar-refractivity contribution is 0.759. The van der Waals surface area contributed by atoms with Crippen molar-refractivity contribution in [2.75, 3.05) is 0 Å². The Morgan fingerprint density at radius 3 is 1.63 bits per heavy atom. The Hall–Kier alpha value is -1.56. The maximum Gasteiger partial charge on any atom is 0 e. The SMILES string of the molecule is CC.CC.C[C@@H](Cc1ccccc1)c1ccccc1.[HH]. The van der Waals surface area contributed by atoms with Crippen LogP contribution in [0.1, 0.15) is 53.1 Å². The maximum absolute atomic E-state index is 2.28. The normalized spacial score (nSPS) is 10.4. The predicted molar refractivity (Wildman–Crippen MR) is 89.8 cm³/mol. The van der Waals surface area contributed by atoms with Gasteiger partial charge in [-0.05, 0) is 23.5 Å². The van der Waals surface area contributed by atoms with Gasteiger partial charge in [0.15, 0.2) is 0 Å². The maximum atomic E-state index is 2.28. The van der Waals surface area contributed by atoms with E-state index in [4.69, 9.17) is 0 Å². The molecule has 0 saturated carbocycles. The highest BCUT2D eigenvalue weighted by Gasteiger charge is 2.04. The van der Waals surface area contributed by atoms with E-state index in [1.54, 1.807) is 0 Å². The molecule has 0 aromatic heterocycles. The van der Waals surface area contributed by atoms with Gasteiger partial charge in [-0.3, -0.25) is 0 Å². The van der Waals surface area contributed by atoms with Gasteiger partial charge >= 0.3 is 0 Å². The third-order valence-electron chi connectivity index (χ3n) is 2.75. The van der Waals surface area contributed by atoms with Gasteiger partial charge in [-0.15, -0.1) is 0 Å². The van der Waals surface area contributed by atoms with Gasteiger partial charge in [0.25, 0.3) is 0 Å². The van der Waals surface area contributed by atoms with Crippen LogP contribution in [0.15, 0.2) is 60.7 Å². The summed E-state index contributed by atoms with van der Waals surface area (Å²) in [6.45, 7) is 10.3. The number of benzene rings is 2. The van der Waals surface area contributed by atoms with Crippen LogP contribution in [-0.4, -0.2) is 0 Å². The van der Waals surface area contributed by atoms with E-state index in [0.717, 1.165) is 6.42 Å². The molecule has 0 spiro atoms. The van der Waals surface area contributed by atoms with Crippen LogP contribution in [0.5, 0.6) is 0 Å². The third kappa shape index (κ3) is 6.81. The van der Waals surface area contributed by atoms with Crippen LogP contribution in [0.3, 0.4) is 0 Å². The van der Waals surface area contributed by atoms with Crippen molar-refractivity contribution in [1.82, 2.24) is 0 Å². The Balaban J connectivity index is 0. The van der Waals surface area contributed by atoms with E-state index in [9.17, 15) is 0 Å². The quantitative estimate of drug-likeness (QED) is 0.603. The number of rotatable bonds is 3. The van der Waals surface area contributed by atoms with E-state index < -0.39 is 0 Å². The lowest BCUT2D eigenvalue weighted by Gasteiger charge is -2.11. The van der Waals surface area contributed by atoms with Crippen LogP contribution < -0.4 is 0 Å². The highest BCUT2D eigenvalue weighted by molar-refractivity contribution is 5.23. The fraction of sp³-hybridized carbons (Fsp3) is 0.368. The summed E-state index contributed by atoms with van der Waals surface area (Å²) in [6, 6.07) is 21.4. The summed E-state index contributed by atoms with van der Waals surface area (Å²) in [5.41, 5.74) is 2.83. The van der Waals surface area contributed by atoms with Crippen molar-refractivity contribution in [3.8, 4) is 0 Å². The Bertz CT molecular complexity index is 395. The first-order valence-electron chi connectivity index (χ1n) is 7.45. The molecular formula is C19H30. The van der Waals surface area contributed by atoms with Gasteiger partial charge in [-0.1, -0.05) is 95.3 Å². The molecule has 0 saturated heterocycles. The molecule has 0 N–H and O–H groups in total. The van der Waals surface area contributed by atoms with Crippen molar-refractivity contribution in [3.63, 3.8) is 0 Å². The smallest absolute Gasteiger partial charge is 0 e. The summed E-state index contributed by atoms with van der Waals surface area (Å²) in [5, 5.41) is 0. The number of hydrogen-bond donors (Lipinski definition) is 0. The summed E-state index contributed by atoms with van der Waals surface area (Å²) in [6.07, 6.45) is 1.12. The molecule has 0 heteroatoms. The first-order chi connectivity index (χ1) is 9.36. The summed E-state index contributed by atoms with van der Waals surface area (Å²) < 4.78 is 0. The lowest BCUT2D eigenvalue weighted by Crippen LogP contribution is -1.97. The van der Waals surface area contributed by atoms with E-state index in [1.807, 2.05) is 27.7 Å². The van der Waals surface area contributed by atoms with Gasteiger partial charge < -0.3 is 0 Å². The van der Waals surface area contributed by atoms with E-state index in [2.05, 4.69) is 67.6 Å². The molecule has 0 aliphatic rings. The molecule has 106 valence electrons. The van der Waals surface area contributed by atoms with E-state index >= 15 is 0 Å². The molecule has 0 radical (unpaired) electrons. The molecule has 0 nitrogen and oxygen atoms in total. The lowest BCUT2D eigenvalue weighted by atomic mass is 9.94. The summed E-state index contributed by atoms with van der Waals surface area (Å²) in [5.74, 6) is 0.591. The standard InChI is InChI=1S/C15H16.2C2H6.H2/c1-13(15-10-6-3-7-11-15)12-14-8-4-2-5-9-14;2*1-2;/h2-11,13H,12H2,1H3;2*1-2H3;1H/t13-;;;/m0.../s1. The van der Waals surface area contributed by atoms with Crippen molar-refractivity contribution in [2.45, 2.75) is 47.0 Å². The van der Waals surface area contributed by atoms with Gasteiger partial charge in [0.2, 0.25) is 0 Å². The van der Waals surface area contributed by atoms with Crippen molar-refractivity contribution in [3.05, 3.63) is 71.8 Å². The van der Waals surface area contributed by atoms with Crippen LogP contribution in [0, 0.1) is 0 Å². The molecule has 2 aromatic rings. The topological polar surface area (TPSA) is 0 Å². The first kappa shape index (κ1) is 17.4. The molecule has 19 heavy (non-hydrogen) atoms. The van der Waals surface area contributed by atoms with Crippen molar-refractivity contribution in [1.29, 1.82) is 0 Å². The van der Waals surface area contributed by atoms with Crippen LogP contribution in [-0.2, 0) is 6.42 Å². The van der Waals surface area contributed by atoms with Gasteiger partial charge in [0, 0.05) is 1.43 Å². The molecule has 1 atom stereocenters. The van der Waals surface area contributed by atoms with Gasteiger partial charge in [-0.2, -0.15) is 0 Å². The van der Waals surface area contributed by atoms with Crippen molar-refractivity contribution >= 4 is 0 Å². The first-order valence-corrected chi connectivity index (χ1v) is 7.45. The molecular weight excluding hydrogens is 228 g/mol. The molecule has 2 aromatic carbocycles. The largest absolute Gasteiger partial charge is 0.0683 e. The molecule has 0 aliphatic heterocycles. The second-order valence-corrected chi connectivity index (χ2v) is 4.00.